The number of hydrogen-bond acceptors (Lipinski definition) is 3. The molecule has 0 aromatic carbocycles. The number of aliphatic imine (C=N–C) groups is 1. The first-order valence-corrected chi connectivity index (χ1v) is 9.40. The average Bonchev–Trinajstić information content (AvgIpc) is 3.22. The van der Waals surface area contributed by atoms with Gasteiger partial charge in [-0.3, -0.25) is 9.67 Å². The Morgan fingerprint density at radius 3 is 2.76 bits per heavy atom. The van der Waals surface area contributed by atoms with Crippen LogP contribution in [0.2, 0.25) is 0 Å². The number of nitrogens with zero attached hydrogens (tertiary/aromatic N) is 4. The molecule has 0 amide bonds. The van der Waals surface area contributed by atoms with Crippen molar-refractivity contribution in [2.24, 2.45) is 17.5 Å². The van der Waals surface area contributed by atoms with Gasteiger partial charge in [-0.1, -0.05) is 13.8 Å². The van der Waals surface area contributed by atoms with Gasteiger partial charge in [0, 0.05) is 57.4 Å². The number of likely N-dealkylation sites (tertiary alicyclic amines) is 1. The number of nitrogens with one attached hydrogen (secondary N) is 1. The second-order valence-electron chi connectivity index (χ2n) is 8.23. The van der Waals surface area contributed by atoms with Crippen LogP contribution in [0.15, 0.2) is 17.4 Å². The molecule has 1 aromatic heterocycles. The largest absolute Gasteiger partial charge is 0.378 e. The number of aromatic nitrogens is 2. The molecule has 0 radical (unpaired) electrons. The molecule has 2 fully saturated rings. The van der Waals surface area contributed by atoms with Gasteiger partial charge in [-0.2, -0.15) is 5.10 Å². The molecule has 1 saturated heterocycles. The molecule has 0 bridgehead atoms. The van der Waals surface area contributed by atoms with Crippen molar-refractivity contribution in [1.29, 1.82) is 0 Å². The van der Waals surface area contributed by atoms with Gasteiger partial charge >= 0.3 is 0 Å². The second kappa shape index (κ2) is 6.63. The summed E-state index contributed by atoms with van der Waals surface area (Å²) in [7, 11) is 3.80. The summed E-state index contributed by atoms with van der Waals surface area (Å²) in [6.07, 6.45) is 6.30. The fourth-order valence-electron chi connectivity index (χ4n) is 4.14. The third kappa shape index (κ3) is 3.16. The predicted molar refractivity (Wildman–Crippen MR) is 101 cm³/mol. The summed E-state index contributed by atoms with van der Waals surface area (Å²) >= 11 is 0. The van der Waals surface area contributed by atoms with E-state index in [2.05, 4.69) is 49.2 Å². The topological polar surface area (TPSA) is 54.7 Å². The summed E-state index contributed by atoms with van der Waals surface area (Å²) in [6.45, 7) is 11.7. The highest BCUT2D eigenvalue weighted by molar-refractivity contribution is 5.81. The zero-order valence-corrected chi connectivity index (χ0v) is 16.5. The first kappa shape index (κ1) is 18.2. The Kier molecular flexibility index (Phi) is 4.84. The lowest BCUT2D eigenvalue weighted by Crippen LogP contribution is -2.69. The van der Waals surface area contributed by atoms with Gasteiger partial charge in [0.15, 0.2) is 5.96 Å². The van der Waals surface area contributed by atoms with Gasteiger partial charge in [-0.05, 0) is 32.3 Å². The van der Waals surface area contributed by atoms with E-state index in [1.54, 1.807) is 0 Å². The van der Waals surface area contributed by atoms with Crippen molar-refractivity contribution in [2.45, 2.75) is 58.1 Å². The van der Waals surface area contributed by atoms with Gasteiger partial charge in [-0.25, -0.2) is 0 Å². The van der Waals surface area contributed by atoms with Crippen molar-refractivity contribution in [3.05, 3.63) is 18.0 Å². The van der Waals surface area contributed by atoms with Crippen LogP contribution in [0.25, 0.3) is 0 Å². The number of ether oxygens (including phenoxy) is 1. The quantitative estimate of drug-likeness (QED) is 0.671. The minimum Gasteiger partial charge on any atom is -0.378 e. The van der Waals surface area contributed by atoms with Crippen LogP contribution in [0.1, 0.15) is 52.0 Å². The van der Waals surface area contributed by atoms with Crippen LogP contribution >= 0.6 is 0 Å². The van der Waals surface area contributed by atoms with Crippen LogP contribution in [-0.2, 0) is 11.8 Å². The van der Waals surface area contributed by atoms with Crippen LogP contribution in [-0.4, -0.2) is 59.0 Å². The third-order valence-electron chi connectivity index (χ3n) is 6.57. The highest BCUT2D eigenvalue weighted by atomic mass is 16.5. The fourth-order valence-corrected chi connectivity index (χ4v) is 4.14. The Balaban J connectivity index is 1.66. The highest BCUT2D eigenvalue weighted by Gasteiger charge is 2.58. The minimum atomic E-state index is -0.0642. The maximum absolute atomic E-state index is 5.76. The fraction of sp³-hybridized carbons (Fsp3) is 0.789. The Morgan fingerprint density at radius 1 is 1.44 bits per heavy atom. The number of hydrogen-bond donors (Lipinski definition) is 1. The molecule has 6 heteroatoms. The monoisotopic (exact) mass is 347 g/mol. The van der Waals surface area contributed by atoms with Crippen LogP contribution in [0.3, 0.4) is 0 Å². The summed E-state index contributed by atoms with van der Waals surface area (Å²) < 4.78 is 7.65. The molecular formula is C19H33N5O. The molecule has 3 rings (SSSR count). The van der Waals surface area contributed by atoms with Crippen LogP contribution in [0.5, 0.6) is 0 Å². The molecule has 3 atom stereocenters. The van der Waals surface area contributed by atoms with Gasteiger partial charge in [0.25, 0.3) is 0 Å². The summed E-state index contributed by atoms with van der Waals surface area (Å²) in [4.78, 5) is 7.17. The van der Waals surface area contributed by atoms with E-state index >= 15 is 0 Å². The smallest absolute Gasteiger partial charge is 0.194 e. The zero-order chi connectivity index (χ0) is 18.2. The van der Waals surface area contributed by atoms with Crippen molar-refractivity contribution >= 4 is 5.96 Å². The molecule has 3 unspecified atom stereocenters. The van der Waals surface area contributed by atoms with Gasteiger partial charge < -0.3 is 15.0 Å². The molecule has 1 aliphatic carbocycles. The van der Waals surface area contributed by atoms with Crippen LogP contribution < -0.4 is 5.32 Å². The van der Waals surface area contributed by atoms with Crippen LogP contribution in [0.4, 0.5) is 0 Å². The van der Waals surface area contributed by atoms with Gasteiger partial charge in [0.1, 0.15) is 0 Å². The van der Waals surface area contributed by atoms with Gasteiger partial charge in [0.05, 0.1) is 11.8 Å². The standard InChI is InChI=1S/C19H33N5O/c1-7-20-17(22-16-10-19(4,25-6)18(16,2)3)24-9-8-14(13-24)15-11-21-23(5)12-15/h11-12,14,16H,7-10,13H2,1-6H3,(H,20,22). The Morgan fingerprint density at radius 2 is 2.20 bits per heavy atom. The van der Waals surface area contributed by atoms with Crippen molar-refractivity contribution in [1.82, 2.24) is 20.0 Å². The van der Waals surface area contributed by atoms with E-state index in [9.17, 15) is 0 Å². The van der Waals surface area contributed by atoms with E-state index in [0.29, 0.717) is 12.0 Å². The Labute approximate surface area is 151 Å². The molecule has 25 heavy (non-hydrogen) atoms. The molecule has 0 spiro atoms. The maximum Gasteiger partial charge on any atom is 0.194 e. The lowest BCUT2D eigenvalue weighted by Gasteiger charge is -2.59. The highest BCUT2D eigenvalue weighted by Crippen LogP contribution is 2.51. The molecule has 1 saturated carbocycles. The molecule has 140 valence electrons. The molecular weight excluding hydrogens is 314 g/mol. The molecule has 1 aromatic rings. The van der Waals surface area contributed by atoms with Crippen molar-refractivity contribution in [3.8, 4) is 0 Å². The van der Waals surface area contributed by atoms with E-state index in [-0.39, 0.29) is 11.0 Å². The second-order valence-corrected chi connectivity index (χ2v) is 8.23. The average molecular weight is 348 g/mol. The summed E-state index contributed by atoms with van der Waals surface area (Å²) in [5.74, 6) is 1.58. The van der Waals surface area contributed by atoms with E-state index in [1.807, 2.05) is 25.0 Å². The number of aryl methyl sites for hydroxylation is 1. The molecule has 2 aliphatic rings. The zero-order valence-electron chi connectivity index (χ0n) is 16.5. The number of methoxy groups -OCH3 is 1. The maximum atomic E-state index is 5.76. The molecule has 1 N–H and O–H groups in total. The lowest BCUT2D eigenvalue weighted by atomic mass is 9.56. The Hall–Kier alpha value is -1.56. The SMILES string of the molecule is CCN=C(NC1CC(C)(OC)C1(C)C)N1CCC(c2cnn(C)c2)C1. The van der Waals surface area contributed by atoms with E-state index in [4.69, 9.17) is 9.73 Å². The van der Waals surface area contributed by atoms with Crippen molar-refractivity contribution < 1.29 is 4.74 Å². The number of guanidine groups is 1. The minimum absolute atomic E-state index is 0.0642. The van der Waals surface area contributed by atoms with E-state index in [0.717, 1.165) is 38.4 Å². The molecule has 1 aliphatic heterocycles. The summed E-state index contributed by atoms with van der Waals surface area (Å²) in [5, 5.41) is 8.05. The van der Waals surface area contributed by atoms with E-state index < -0.39 is 0 Å². The first-order valence-electron chi connectivity index (χ1n) is 9.40. The summed E-state index contributed by atoms with van der Waals surface area (Å²) in [6, 6.07) is 0.389. The van der Waals surface area contributed by atoms with Gasteiger partial charge in [0.2, 0.25) is 0 Å². The van der Waals surface area contributed by atoms with Crippen molar-refractivity contribution in [3.63, 3.8) is 0 Å². The Bertz CT molecular complexity index is 638. The molecule has 6 nitrogen and oxygen atoms in total. The normalized spacial score (nSPS) is 31.9. The lowest BCUT2D eigenvalue weighted by molar-refractivity contribution is -0.176. The summed E-state index contributed by atoms with van der Waals surface area (Å²) in [5.41, 5.74) is 1.35. The predicted octanol–water partition coefficient (Wildman–Crippen LogP) is 2.38. The van der Waals surface area contributed by atoms with Gasteiger partial charge in [-0.15, -0.1) is 0 Å². The van der Waals surface area contributed by atoms with Crippen LogP contribution in [0, 0.1) is 5.41 Å². The molecule has 2 heterocycles. The third-order valence-corrected chi connectivity index (χ3v) is 6.57. The first-order chi connectivity index (χ1) is 11.8. The number of rotatable bonds is 4. The van der Waals surface area contributed by atoms with E-state index in [1.165, 1.54) is 5.56 Å². The van der Waals surface area contributed by atoms with Crippen molar-refractivity contribution in [2.75, 3.05) is 26.7 Å².